The van der Waals surface area contributed by atoms with Gasteiger partial charge in [0.05, 0.1) is 23.0 Å². The highest BCUT2D eigenvalue weighted by atomic mass is 35.5. The van der Waals surface area contributed by atoms with Crippen LogP contribution in [0, 0.1) is 13.8 Å². The molecule has 1 aromatic heterocycles. The lowest BCUT2D eigenvalue weighted by Crippen LogP contribution is -2.17. The van der Waals surface area contributed by atoms with Crippen LogP contribution in [0.25, 0.3) is 0 Å². The molecule has 0 fully saturated rings. The third-order valence-corrected chi connectivity index (χ3v) is 3.28. The van der Waals surface area contributed by atoms with E-state index in [0.717, 1.165) is 11.3 Å². The van der Waals surface area contributed by atoms with Gasteiger partial charge in [-0.25, -0.2) is 0 Å². The molecule has 0 bridgehead atoms. The van der Waals surface area contributed by atoms with Crippen molar-refractivity contribution in [2.75, 3.05) is 0 Å². The molecule has 2 aromatic rings. The Morgan fingerprint density at radius 3 is 2.59 bits per heavy atom. The summed E-state index contributed by atoms with van der Waals surface area (Å²) in [6, 6.07) is 6.00. The summed E-state index contributed by atoms with van der Waals surface area (Å²) < 4.78 is 1.73. The fourth-order valence-corrected chi connectivity index (χ4v) is 2.38. The minimum absolute atomic E-state index is 0.240. The molecule has 0 saturated heterocycles. The Bertz CT molecular complexity index is 526. The molecule has 1 atom stereocenters. The molecular weight excluding hydrogens is 234 g/mol. The van der Waals surface area contributed by atoms with E-state index in [-0.39, 0.29) is 6.04 Å². The van der Waals surface area contributed by atoms with Crippen molar-refractivity contribution in [2.24, 2.45) is 12.8 Å². The quantitative estimate of drug-likeness (QED) is 0.890. The Hall–Kier alpha value is -1.32. The standard InChI is InChI=1S/C13H16ClN3/c1-8-4-5-10(9(2)6-8)12(15)13-11(14)7-16-17(13)3/h4-7,12H,15H2,1-3H3. The van der Waals surface area contributed by atoms with E-state index in [9.17, 15) is 0 Å². The van der Waals surface area contributed by atoms with Gasteiger partial charge < -0.3 is 5.73 Å². The Morgan fingerprint density at radius 1 is 1.35 bits per heavy atom. The van der Waals surface area contributed by atoms with E-state index in [2.05, 4.69) is 37.1 Å². The number of nitrogens with two attached hydrogens (primary N) is 1. The van der Waals surface area contributed by atoms with Crippen LogP contribution in [0.4, 0.5) is 0 Å². The van der Waals surface area contributed by atoms with Gasteiger partial charge in [0.15, 0.2) is 0 Å². The van der Waals surface area contributed by atoms with Gasteiger partial charge in [0.1, 0.15) is 0 Å². The predicted molar refractivity (Wildman–Crippen MR) is 70.2 cm³/mol. The minimum atomic E-state index is -0.240. The zero-order chi connectivity index (χ0) is 12.6. The number of halogens is 1. The van der Waals surface area contributed by atoms with Crippen molar-refractivity contribution in [1.82, 2.24) is 9.78 Å². The lowest BCUT2D eigenvalue weighted by molar-refractivity contribution is 0.671. The SMILES string of the molecule is Cc1ccc(C(N)c2c(Cl)cnn2C)c(C)c1. The first-order valence-electron chi connectivity index (χ1n) is 5.51. The summed E-state index contributed by atoms with van der Waals surface area (Å²) >= 11 is 6.11. The molecule has 90 valence electrons. The van der Waals surface area contributed by atoms with E-state index in [1.807, 2.05) is 7.05 Å². The molecule has 0 amide bonds. The Balaban J connectivity index is 2.47. The van der Waals surface area contributed by atoms with Crippen LogP contribution in [0.15, 0.2) is 24.4 Å². The number of aromatic nitrogens is 2. The van der Waals surface area contributed by atoms with E-state index in [1.165, 1.54) is 11.1 Å². The average Bonchev–Trinajstić information content (AvgIpc) is 2.58. The molecular formula is C13H16ClN3. The maximum Gasteiger partial charge on any atom is 0.0837 e. The summed E-state index contributed by atoms with van der Waals surface area (Å²) in [5.74, 6) is 0. The molecule has 0 aliphatic carbocycles. The molecule has 2 rings (SSSR count). The summed E-state index contributed by atoms with van der Waals surface area (Å²) in [5, 5.41) is 4.73. The first-order chi connectivity index (χ1) is 8.00. The highest BCUT2D eigenvalue weighted by molar-refractivity contribution is 6.31. The topological polar surface area (TPSA) is 43.8 Å². The number of rotatable bonds is 2. The molecule has 0 saturated carbocycles. The molecule has 0 radical (unpaired) electrons. The third-order valence-electron chi connectivity index (χ3n) is 2.99. The summed E-state index contributed by atoms with van der Waals surface area (Å²) in [6.07, 6.45) is 1.63. The van der Waals surface area contributed by atoms with Gasteiger partial charge in [-0.15, -0.1) is 0 Å². The first-order valence-corrected chi connectivity index (χ1v) is 5.88. The van der Waals surface area contributed by atoms with Crippen molar-refractivity contribution in [3.05, 3.63) is 51.8 Å². The fraction of sp³-hybridized carbons (Fsp3) is 0.308. The maximum atomic E-state index is 6.27. The van der Waals surface area contributed by atoms with Crippen molar-refractivity contribution in [1.29, 1.82) is 0 Å². The highest BCUT2D eigenvalue weighted by Crippen LogP contribution is 2.27. The van der Waals surface area contributed by atoms with Gasteiger partial charge >= 0.3 is 0 Å². The smallest absolute Gasteiger partial charge is 0.0837 e. The highest BCUT2D eigenvalue weighted by Gasteiger charge is 2.18. The van der Waals surface area contributed by atoms with Crippen molar-refractivity contribution >= 4 is 11.6 Å². The van der Waals surface area contributed by atoms with Crippen molar-refractivity contribution < 1.29 is 0 Å². The predicted octanol–water partition coefficient (Wildman–Crippen LogP) is 2.74. The zero-order valence-electron chi connectivity index (χ0n) is 10.2. The third kappa shape index (κ3) is 2.21. The van der Waals surface area contributed by atoms with Crippen LogP contribution in [0.1, 0.15) is 28.4 Å². The van der Waals surface area contributed by atoms with Crippen LogP contribution in [-0.2, 0) is 7.05 Å². The van der Waals surface area contributed by atoms with Gasteiger partial charge in [0, 0.05) is 7.05 Å². The van der Waals surface area contributed by atoms with Crippen LogP contribution in [0.5, 0.6) is 0 Å². The van der Waals surface area contributed by atoms with E-state index >= 15 is 0 Å². The second-order valence-electron chi connectivity index (χ2n) is 4.34. The fourth-order valence-electron chi connectivity index (χ4n) is 2.09. The van der Waals surface area contributed by atoms with Gasteiger partial charge in [-0.3, -0.25) is 4.68 Å². The van der Waals surface area contributed by atoms with Crippen LogP contribution in [0.3, 0.4) is 0 Å². The van der Waals surface area contributed by atoms with E-state index in [1.54, 1.807) is 10.9 Å². The number of hydrogen-bond donors (Lipinski definition) is 1. The number of hydrogen-bond acceptors (Lipinski definition) is 2. The lowest BCUT2D eigenvalue weighted by Gasteiger charge is -2.16. The van der Waals surface area contributed by atoms with Crippen molar-refractivity contribution in [3.63, 3.8) is 0 Å². The summed E-state index contributed by atoms with van der Waals surface area (Å²) in [5.41, 5.74) is 10.6. The second-order valence-corrected chi connectivity index (χ2v) is 4.75. The Labute approximate surface area is 106 Å². The van der Waals surface area contributed by atoms with Crippen LogP contribution < -0.4 is 5.73 Å². The van der Waals surface area contributed by atoms with E-state index in [0.29, 0.717) is 5.02 Å². The van der Waals surface area contributed by atoms with Crippen LogP contribution in [0.2, 0.25) is 5.02 Å². The molecule has 0 spiro atoms. The molecule has 2 N–H and O–H groups in total. The largest absolute Gasteiger partial charge is 0.319 e. The van der Waals surface area contributed by atoms with Gasteiger partial charge in [-0.1, -0.05) is 35.4 Å². The average molecular weight is 250 g/mol. The van der Waals surface area contributed by atoms with Crippen LogP contribution in [-0.4, -0.2) is 9.78 Å². The number of nitrogens with zero attached hydrogens (tertiary/aromatic N) is 2. The zero-order valence-corrected chi connectivity index (χ0v) is 11.0. The monoisotopic (exact) mass is 249 g/mol. The normalized spacial score (nSPS) is 12.8. The molecule has 3 nitrogen and oxygen atoms in total. The van der Waals surface area contributed by atoms with Crippen LogP contribution >= 0.6 is 11.6 Å². The van der Waals surface area contributed by atoms with E-state index in [4.69, 9.17) is 17.3 Å². The maximum absolute atomic E-state index is 6.27. The lowest BCUT2D eigenvalue weighted by atomic mass is 9.98. The number of aryl methyl sites for hydroxylation is 3. The van der Waals surface area contributed by atoms with E-state index < -0.39 is 0 Å². The van der Waals surface area contributed by atoms with Gasteiger partial charge in [-0.05, 0) is 25.0 Å². The van der Waals surface area contributed by atoms with Crippen molar-refractivity contribution in [3.8, 4) is 0 Å². The second kappa shape index (κ2) is 4.51. The van der Waals surface area contributed by atoms with Gasteiger partial charge in [0.25, 0.3) is 0 Å². The Kier molecular flexibility index (Phi) is 3.22. The molecule has 17 heavy (non-hydrogen) atoms. The van der Waals surface area contributed by atoms with Gasteiger partial charge in [-0.2, -0.15) is 5.10 Å². The van der Waals surface area contributed by atoms with Crippen molar-refractivity contribution in [2.45, 2.75) is 19.9 Å². The molecule has 1 heterocycles. The molecule has 0 aliphatic rings. The summed E-state index contributed by atoms with van der Waals surface area (Å²) in [4.78, 5) is 0. The summed E-state index contributed by atoms with van der Waals surface area (Å²) in [6.45, 7) is 4.13. The number of benzene rings is 1. The molecule has 1 unspecified atom stereocenters. The van der Waals surface area contributed by atoms with Gasteiger partial charge in [0.2, 0.25) is 0 Å². The minimum Gasteiger partial charge on any atom is -0.319 e. The summed E-state index contributed by atoms with van der Waals surface area (Å²) in [7, 11) is 1.85. The molecule has 0 aliphatic heterocycles. The molecule has 1 aromatic carbocycles. The first kappa shape index (κ1) is 12.1. The Morgan fingerprint density at radius 2 is 2.06 bits per heavy atom. The molecule has 4 heteroatoms.